The molecular weight excluding hydrogens is 346 g/mol. The molecule has 0 radical (unpaired) electrons. The highest BCUT2D eigenvalue weighted by molar-refractivity contribution is 6.41. The number of carbonyl (C=O) groups is 2. The van der Waals surface area contributed by atoms with Crippen LogP contribution in [0.4, 0.5) is 0 Å². The van der Waals surface area contributed by atoms with Crippen molar-refractivity contribution in [1.82, 2.24) is 14.8 Å². The number of hydrogen-bond donors (Lipinski definition) is 0. The van der Waals surface area contributed by atoms with Crippen LogP contribution >= 0.6 is 11.6 Å². The van der Waals surface area contributed by atoms with Gasteiger partial charge in [-0.15, -0.1) is 5.10 Å². The summed E-state index contributed by atoms with van der Waals surface area (Å²) in [6.45, 7) is 0. The number of hydrogen-bond acceptors (Lipinski definition) is 6. The van der Waals surface area contributed by atoms with Gasteiger partial charge in [0.25, 0.3) is 5.78 Å². The van der Waals surface area contributed by atoms with Crippen molar-refractivity contribution < 1.29 is 19.1 Å². The standard InChI is InChI=1S/C17H12ClN3O4/c1-24-17(23)15(22)13-3-2-9-19-16(13)25-14-8-10-21(20-14)12-6-4-11(18)5-7-12/h2-10H,1H3. The molecule has 0 amide bonds. The lowest BCUT2D eigenvalue weighted by molar-refractivity contribution is -0.135. The minimum absolute atomic E-state index is 0.00427. The van der Waals surface area contributed by atoms with Crippen molar-refractivity contribution in [2.24, 2.45) is 0 Å². The van der Waals surface area contributed by atoms with Crippen molar-refractivity contribution in [3.05, 3.63) is 65.4 Å². The first-order chi connectivity index (χ1) is 12.1. The van der Waals surface area contributed by atoms with Crippen LogP contribution in [0.2, 0.25) is 5.02 Å². The number of halogens is 1. The number of ketones is 1. The predicted octanol–water partition coefficient (Wildman–Crippen LogP) is 3.07. The number of rotatable bonds is 5. The molecule has 3 aromatic rings. The highest BCUT2D eigenvalue weighted by atomic mass is 35.5. The SMILES string of the molecule is COC(=O)C(=O)c1cccnc1Oc1ccn(-c2ccc(Cl)cc2)n1. The normalized spacial score (nSPS) is 10.3. The lowest BCUT2D eigenvalue weighted by atomic mass is 10.2. The zero-order valence-corrected chi connectivity index (χ0v) is 13.8. The van der Waals surface area contributed by atoms with E-state index < -0.39 is 11.8 Å². The fourth-order valence-corrected chi connectivity index (χ4v) is 2.17. The predicted molar refractivity (Wildman–Crippen MR) is 89.2 cm³/mol. The number of esters is 1. The van der Waals surface area contributed by atoms with Crippen LogP contribution in [0.15, 0.2) is 54.9 Å². The second-order valence-corrected chi connectivity index (χ2v) is 5.29. The van der Waals surface area contributed by atoms with Gasteiger partial charge in [-0.05, 0) is 36.4 Å². The summed E-state index contributed by atoms with van der Waals surface area (Å²) in [5.41, 5.74) is 0.779. The van der Waals surface area contributed by atoms with Gasteiger partial charge in [0.2, 0.25) is 11.8 Å². The van der Waals surface area contributed by atoms with Gasteiger partial charge in [0.05, 0.1) is 18.4 Å². The Balaban J connectivity index is 1.85. The second kappa shape index (κ2) is 7.14. The van der Waals surface area contributed by atoms with Gasteiger partial charge in [-0.2, -0.15) is 0 Å². The van der Waals surface area contributed by atoms with Gasteiger partial charge >= 0.3 is 5.97 Å². The molecule has 0 unspecified atom stereocenters. The molecule has 8 heteroatoms. The van der Waals surface area contributed by atoms with E-state index in [9.17, 15) is 9.59 Å². The summed E-state index contributed by atoms with van der Waals surface area (Å²) in [6, 6.07) is 11.6. The molecule has 0 N–H and O–H groups in total. The number of carbonyl (C=O) groups excluding carboxylic acids is 2. The molecule has 0 saturated carbocycles. The van der Waals surface area contributed by atoms with E-state index in [0.29, 0.717) is 5.02 Å². The Morgan fingerprint density at radius 2 is 1.88 bits per heavy atom. The topological polar surface area (TPSA) is 83.3 Å². The van der Waals surface area contributed by atoms with Gasteiger partial charge in [-0.1, -0.05) is 11.6 Å². The molecule has 2 heterocycles. The van der Waals surface area contributed by atoms with Crippen molar-refractivity contribution in [1.29, 1.82) is 0 Å². The van der Waals surface area contributed by atoms with E-state index >= 15 is 0 Å². The molecular formula is C17H12ClN3O4. The summed E-state index contributed by atoms with van der Waals surface area (Å²) in [5.74, 6) is -1.65. The Morgan fingerprint density at radius 1 is 1.12 bits per heavy atom. The van der Waals surface area contributed by atoms with Gasteiger partial charge in [-0.3, -0.25) is 4.79 Å². The third kappa shape index (κ3) is 3.67. The smallest absolute Gasteiger partial charge is 0.379 e. The molecule has 25 heavy (non-hydrogen) atoms. The van der Waals surface area contributed by atoms with E-state index in [0.717, 1.165) is 12.8 Å². The maximum absolute atomic E-state index is 12.0. The highest BCUT2D eigenvalue weighted by Crippen LogP contribution is 2.23. The maximum atomic E-state index is 12.0. The molecule has 0 atom stereocenters. The molecule has 2 aromatic heterocycles. The third-order valence-electron chi connectivity index (χ3n) is 3.24. The zero-order valence-electron chi connectivity index (χ0n) is 13.0. The lowest BCUT2D eigenvalue weighted by Gasteiger charge is -2.06. The number of pyridine rings is 1. The first kappa shape index (κ1) is 16.7. The first-order valence-corrected chi connectivity index (χ1v) is 7.53. The third-order valence-corrected chi connectivity index (χ3v) is 3.50. The van der Waals surface area contributed by atoms with E-state index in [4.69, 9.17) is 16.3 Å². The number of aromatic nitrogens is 3. The van der Waals surface area contributed by atoms with E-state index in [1.165, 1.54) is 18.3 Å². The molecule has 0 fully saturated rings. The van der Waals surface area contributed by atoms with Crippen molar-refractivity contribution in [3.63, 3.8) is 0 Å². The number of benzene rings is 1. The molecule has 3 rings (SSSR count). The quantitative estimate of drug-likeness (QED) is 0.396. The fraction of sp³-hybridized carbons (Fsp3) is 0.0588. The first-order valence-electron chi connectivity index (χ1n) is 7.15. The Bertz CT molecular complexity index is 922. The Labute approximate surface area is 147 Å². The number of methoxy groups -OCH3 is 1. The van der Waals surface area contributed by atoms with Crippen molar-refractivity contribution in [2.75, 3.05) is 7.11 Å². The molecule has 126 valence electrons. The number of Topliss-reactive ketones (excluding diaryl/α,β-unsaturated/α-hetero) is 1. The molecule has 0 saturated heterocycles. The number of ether oxygens (including phenoxy) is 2. The summed E-state index contributed by atoms with van der Waals surface area (Å²) >= 11 is 5.86. The van der Waals surface area contributed by atoms with E-state index in [1.54, 1.807) is 41.2 Å². The average molecular weight is 358 g/mol. The van der Waals surface area contributed by atoms with E-state index in [2.05, 4.69) is 14.8 Å². The van der Waals surface area contributed by atoms with Crippen LogP contribution in [-0.2, 0) is 9.53 Å². The molecule has 0 aliphatic rings. The van der Waals surface area contributed by atoms with Gasteiger partial charge < -0.3 is 9.47 Å². The maximum Gasteiger partial charge on any atom is 0.379 e. The monoisotopic (exact) mass is 357 g/mol. The molecule has 0 aliphatic heterocycles. The molecule has 0 spiro atoms. The fourth-order valence-electron chi connectivity index (χ4n) is 2.05. The molecule has 1 aromatic carbocycles. The van der Waals surface area contributed by atoms with Gasteiger partial charge in [0.1, 0.15) is 0 Å². The van der Waals surface area contributed by atoms with Crippen LogP contribution in [0.1, 0.15) is 10.4 Å². The Kier molecular flexibility index (Phi) is 4.76. The summed E-state index contributed by atoms with van der Waals surface area (Å²) in [4.78, 5) is 27.4. The van der Waals surface area contributed by atoms with Gasteiger partial charge in [0.15, 0.2) is 0 Å². The largest absolute Gasteiger partial charge is 0.463 e. The van der Waals surface area contributed by atoms with Crippen LogP contribution in [0.25, 0.3) is 5.69 Å². The van der Waals surface area contributed by atoms with Crippen LogP contribution in [0, 0.1) is 0 Å². The molecule has 0 bridgehead atoms. The van der Waals surface area contributed by atoms with Crippen LogP contribution in [0.5, 0.6) is 11.8 Å². The zero-order chi connectivity index (χ0) is 17.8. The number of nitrogens with zero attached hydrogens (tertiary/aromatic N) is 3. The summed E-state index contributed by atoms with van der Waals surface area (Å²) < 4.78 is 11.6. The van der Waals surface area contributed by atoms with Crippen LogP contribution in [-0.4, -0.2) is 33.6 Å². The van der Waals surface area contributed by atoms with Gasteiger partial charge in [0, 0.05) is 23.5 Å². The van der Waals surface area contributed by atoms with E-state index in [1.807, 2.05) is 0 Å². The van der Waals surface area contributed by atoms with Crippen molar-refractivity contribution in [3.8, 4) is 17.4 Å². The second-order valence-electron chi connectivity index (χ2n) is 4.85. The summed E-state index contributed by atoms with van der Waals surface area (Å²) in [5, 5.41) is 4.87. The summed E-state index contributed by atoms with van der Waals surface area (Å²) in [6.07, 6.45) is 3.13. The molecule has 0 aliphatic carbocycles. The van der Waals surface area contributed by atoms with E-state index in [-0.39, 0.29) is 17.3 Å². The minimum atomic E-state index is -0.996. The minimum Gasteiger partial charge on any atom is -0.463 e. The van der Waals surface area contributed by atoms with Crippen molar-refractivity contribution >= 4 is 23.4 Å². The highest BCUT2D eigenvalue weighted by Gasteiger charge is 2.22. The summed E-state index contributed by atoms with van der Waals surface area (Å²) in [7, 11) is 1.13. The average Bonchev–Trinajstić information content (AvgIpc) is 3.10. The van der Waals surface area contributed by atoms with Crippen LogP contribution < -0.4 is 4.74 Å². The van der Waals surface area contributed by atoms with Gasteiger partial charge in [-0.25, -0.2) is 14.5 Å². The molecule has 7 nitrogen and oxygen atoms in total. The Morgan fingerprint density at radius 3 is 2.60 bits per heavy atom. The van der Waals surface area contributed by atoms with Crippen molar-refractivity contribution in [2.45, 2.75) is 0 Å². The Hall–Kier alpha value is -3.19. The van der Waals surface area contributed by atoms with Crippen LogP contribution in [0.3, 0.4) is 0 Å². The lowest BCUT2D eigenvalue weighted by Crippen LogP contribution is -2.16.